The lowest BCUT2D eigenvalue weighted by Gasteiger charge is -2.29. The number of nitrogens with zero attached hydrogens (tertiary/aromatic N) is 3. The number of carbonyl (C=O) groups is 1. The van der Waals surface area contributed by atoms with Crippen LogP contribution in [0.25, 0.3) is 11.0 Å². The Morgan fingerprint density at radius 3 is 2.66 bits per heavy atom. The SMILES string of the molecule is CN(C)Cc1cc2c(CCC3CCN(C(=O)O)CC3)noc2cc1OCC1CC1. The van der Waals surface area contributed by atoms with Crippen LogP contribution in [0.3, 0.4) is 0 Å². The number of aromatic nitrogens is 1. The van der Waals surface area contributed by atoms with Gasteiger partial charge >= 0.3 is 6.09 Å². The van der Waals surface area contributed by atoms with E-state index in [-0.39, 0.29) is 0 Å². The van der Waals surface area contributed by atoms with Gasteiger partial charge in [-0.3, -0.25) is 0 Å². The zero-order valence-electron chi connectivity index (χ0n) is 17.4. The first-order chi connectivity index (χ1) is 14.0. The minimum Gasteiger partial charge on any atom is -0.493 e. The molecule has 7 nitrogen and oxygen atoms in total. The molecule has 2 heterocycles. The number of likely N-dealkylation sites (tertiary alicyclic amines) is 1. The maximum absolute atomic E-state index is 11.1. The average Bonchev–Trinajstić information content (AvgIpc) is 3.44. The van der Waals surface area contributed by atoms with Crippen molar-refractivity contribution in [3.63, 3.8) is 0 Å². The van der Waals surface area contributed by atoms with Crippen LogP contribution in [0, 0.1) is 11.8 Å². The molecule has 0 radical (unpaired) electrons. The van der Waals surface area contributed by atoms with Crippen molar-refractivity contribution >= 4 is 17.1 Å². The third-order valence-corrected chi connectivity index (χ3v) is 6.06. The van der Waals surface area contributed by atoms with E-state index in [1.165, 1.54) is 23.3 Å². The topological polar surface area (TPSA) is 79.0 Å². The number of piperidine rings is 1. The second kappa shape index (κ2) is 8.61. The summed E-state index contributed by atoms with van der Waals surface area (Å²) in [6, 6.07) is 4.18. The Kier molecular flexibility index (Phi) is 5.94. The van der Waals surface area contributed by atoms with E-state index in [1.54, 1.807) is 0 Å². The lowest BCUT2D eigenvalue weighted by molar-refractivity contribution is 0.123. The molecule has 2 fully saturated rings. The summed E-state index contributed by atoms with van der Waals surface area (Å²) in [6.07, 6.45) is 5.44. The van der Waals surface area contributed by atoms with Gasteiger partial charge in [0.2, 0.25) is 0 Å². The minimum absolute atomic E-state index is 0.541. The van der Waals surface area contributed by atoms with Crippen LogP contribution in [0.15, 0.2) is 16.7 Å². The number of hydrogen-bond donors (Lipinski definition) is 1. The highest BCUT2D eigenvalue weighted by Gasteiger charge is 2.24. The molecule has 7 heteroatoms. The molecule has 0 spiro atoms. The molecule has 1 aromatic carbocycles. The first-order valence-electron chi connectivity index (χ1n) is 10.7. The zero-order chi connectivity index (χ0) is 20.4. The molecule has 158 valence electrons. The molecule has 0 bridgehead atoms. The highest BCUT2D eigenvalue weighted by molar-refractivity contribution is 5.82. The summed E-state index contributed by atoms with van der Waals surface area (Å²) in [5.41, 5.74) is 2.95. The highest BCUT2D eigenvalue weighted by Crippen LogP contribution is 2.34. The normalized spacial score (nSPS) is 18.0. The van der Waals surface area contributed by atoms with Gasteiger partial charge in [-0.1, -0.05) is 5.16 Å². The van der Waals surface area contributed by atoms with E-state index < -0.39 is 6.09 Å². The number of benzene rings is 1. The Bertz CT molecular complexity index is 851. The van der Waals surface area contributed by atoms with Crippen LogP contribution in [-0.4, -0.2) is 59.9 Å². The number of fused-ring (bicyclic) bond motifs is 1. The monoisotopic (exact) mass is 401 g/mol. The molecule has 1 saturated carbocycles. The molecule has 1 aliphatic carbocycles. The van der Waals surface area contributed by atoms with Crippen LogP contribution in [0.5, 0.6) is 5.75 Å². The van der Waals surface area contributed by atoms with Crippen LogP contribution in [0.4, 0.5) is 4.79 Å². The number of amides is 1. The number of carboxylic acid groups (broad SMARTS) is 1. The van der Waals surface area contributed by atoms with E-state index in [9.17, 15) is 4.79 Å². The third-order valence-electron chi connectivity index (χ3n) is 6.06. The average molecular weight is 402 g/mol. The van der Waals surface area contributed by atoms with Gasteiger partial charge in [0, 0.05) is 36.7 Å². The summed E-state index contributed by atoms with van der Waals surface area (Å²) >= 11 is 0. The molecule has 0 atom stereocenters. The van der Waals surface area contributed by atoms with Crippen molar-refractivity contribution in [2.45, 2.75) is 45.1 Å². The smallest absolute Gasteiger partial charge is 0.407 e. The quantitative estimate of drug-likeness (QED) is 0.720. The number of aryl methyl sites for hydroxylation is 1. The fraction of sp³-hybridized carbons (Fsp3) is 0.636. The second-order valence-electron chi connectivity index (χ2n) is 8.83. The van der Waals surface area contributed by atoms with Gasteiger partial charge in [-0.25, -0.2) is 4.79 Å². The molecule has 1 aliphatic heterocycles. The summed E-state index contributed by atoms with van der Waals surface area (Å²) in [6.45, 7) is 2.86. The lowest BCUT2D eigenvalue weighted by Crippen LogP contribution is -2.37. The van der Waals surface area contributed by atoms with Crippen molar-refractivity contribution in [2.24, 2.45) is 11.8 Å². The Labute approximate surface area is 171 Å². The molecule has 1 saturated heterocycles. The molecule has 4 rings (SSSR count). The van der Waals surface area contributed by atoms with Gasteiger partial charge in [0.25, 0.3) is 0 Å². The zero-order valence-corrected chi connectivity index (χ0v) is 17.4. The summed E-state index contributed by atoms with van der Waals surface area (Å²) in [4.78, 5) is 14.7. The van der Waals surface area contributed by atoms with Crippen molar-refractivity contribution in [3.05, 3.63) is 23.4 Å². The summed E-state index contributed by atoms with van der Waals surface area (Å²) < 4.78 is 11.7. The molecule has 2 aromatic rings. The minimum atomic E-state index is -0.806. The standard InChI is InChI=1S/C22H31N3O4/c1-24(2)13-17-11-18-19(6-5-15-7-9-25(10-8-15)22(26)27)23-29-21(18)12-20(17)28-14-16-3-4-16/h11-12,15-16H,3-10,13-14H2,1-2H3,(H,26,27). The maximum Gasteiger partial charge on any atom is 0.407 e. The van der Waals surface area contributed by atoms with Crippen molar-refractivity contribution < 1.29 is 19.2 Å². The summed E-state index contributed by atoms with van der Waals surface area (Å²) in [7, 11) is 4.12. The van der Waals surface area contributed by atoms with Crippen LogP contribution >= 0.6 is 0 Å². The predicted octanol–water partition coefficient (Wildman–Crippen LogP) is 4.00. The van der Waals surface area contributed by atoms with Crippen molar-refractivity contribution in [1.29, 1.82) is 0 Å². The van der Waals surface area contributed by atoms with Gasteiger partial charge < -0.3 is 24.2 Å². The molecule has 2 aliphatic rings. The van der Waals surface area contributed by atoms with E-state index in [1.807, 2.05) is 6.07 Å². The van der Waals surface area contributed by atoms with Gasteiger partial charge in [0.05, 0.1) is 12.3 Å². The first kappa shape index (κ1) is 20.0. The Morgan fingerprint density at radius 2 is 2.00 bits per heavy atom. The largest absolute Gasteiger partial charge is 0.493 e. The van der Waals surface area contributed by atoms with Gasteiger partial charge in [0.1, 0.15) is 5.75 Å². The summed E-state index contributed by atoms with van der Waals surface area (Å²) in [5, 5.41) is 14.5. The molecular formula is C22H31N3O4. The van der Waals surface area contributed by atoms with E-state index in [4.69, 9.17) is 14.4 Å². The second-order valence-corrected chi connectivity index (χ2v) is 8.83. The van der Waals surface area contributed by atoms with E-state index >= 15 is 0 Å². The highest BCUT2D eigenvalue weighted by atomic mass is 16.5. The predicted molar refractivity (Wildman–Crippen MR) is 110 cm³/mol. The molecule has 29 heavy (non-hydrogen) atoms. The van der Waals surface area contributed by atoms with E-state index in [2.05, 4.69) is 30.2 Å². The Morgan fingerprint density at radius 1 is 1.24 bits per heavy atom. The van der Waals surface area contributed by atoms with Crippen LogP contribution < -0.4 is 4.74 Å². The summed E-state index contributed by atoms with van der Waals surface area (Å²) in [5.74, 6) is 2.15. The first-order valence-corrected chi connectivity index (χ1v) is 10.7. The lowest BCUT2D eigenvalue weighted by atomic mass is 9.91. The van der Waals surface area contributed by atoms with Crippen LogP contribution in [0.2, 0.25) is 0 Å². The van der Waals surface area contributed by atoms with Crippen molar-refractivity contribution in [2.75, 3.05) is 33.8 Å². The van der Waals surface area contributed by atoms with Gasteiger partial charge in [-0.05, 0) is 70.5 Å². The van der Waals surface area contributed by atoms with Gasteiger partial charge in [-0.2, -0.15) is 0 Å². The number of hydrogen-bond acceptors (Lipinski definition) is 5. The molecule has 1 amide bonds. The fourth-order valence-corrected chi connectivity index (χ4v) is 4.09. The molecule has 1 aromatic heterocycles. The van der Waals surface area contributed by atoms with Crippen LogP contribution in [0.1, 0.15) is 43.4 Å². The van der Waals surface area contributed by atoms with Crippen molar-refractivity contribution in [3.8, 4) is 5.75 Å². The molecule has 0 unspecified atom stereocenters. The molecular weight excluding hydrogens is 370 g/mol. The van der Waals surface area contributed by atoms with Gasteiger partial charge in [-0.15, -0.1) is 0 Å². The number of rotatable bonds is 8. The Hall–Kier alpha value is -2.28. The van der Waals surface area contributed by atoms with E-state index in [0.717, 1.165) is 61.2 Å². The van der Waals surface area contributed by atoms with Crippen molar-refractivity contribution in [1.82, 2.24) is 15.0 Å². The van der Waals surface area contributed by atoms with Crippen LogP contribution in [-0.2, 0) is 13.0 Å². The van der Waals surface area contributed by atoms with E-state index in [0.29, 0.717) is 24.9 Å². The molecule has 1 N–H and O–H groups in total. The Balaban J connectivity index is 1.44. The maximum atomic E-state index is 11.1. The number of ether oxygens (including phenoxy) is 1. The van der Waals surface area contributed by atoms with Gasteiger partial charge in [0.15, 0.2) is 5.58 Å². The third kappa shape index (κ3) is 5.01. The fourth-order valence-electron chi connectivity index (χ4n) is 4.09.